The highest BCUT2D eigenvalue weighted by Crippen LogP contribution is 2.41. The second-order valence-electron chi connectivity index (χ2n) is 8.80. The lowest BCUT2D eigenvalue weighted by Gasteiger charge is -2.37. The van der Waals surface area contributed by atoms with E-state index in [-0.39, 0.29) is 29.5 Å². The monoisotopic (exact) mass is 417 g/mol. The van der Waals surface area contributed by atoms with Crippen LogP contribution < -0.4 is 10.6 Å². The Morgan fingerprint density at radius 2 is 1.86 bits per heavy atom. The molecule has 0 radical (unpaired) electrons. The van der Waals surface area contributed by atoms with Crippen LogP contribution in [0.25, 0.3) is 0 Å². The Morgan fingerprint density at radius 1 is 1.17 bits per heavy atom. The number of thioether (sulfide) groups is 1. The summed E-state index contributed by atoms with van der Waals surface area (Å²) < 4.78 is 0. The van der Waals surface area contributed by atoms with Crippen molar-refractivity contribution in [2.45, 2.75) is 81.4 Å². The number of carbonyl (C=O) groups is 1. The number of hydrogen-bond acceptors (Lipinski definition) is 6. The number of hydrogen-bond donors (Lipinski definition) is 4. The molecule has 2 aliphatic carbocycles. The van der Waals surface area contributed by atoms with Gasteiger partial charge >= 0.3 is 0 Å². The third-order valence-corrected chi connectivity index (χ3v) is 7.66. The van der Waals surface area contributed by atoms with Crippen molar-refractivity contribution in [3.63, 3.8) is 0 Å². The minimum absolute atomic E-state index is 0.0110. The van der Waals surface area contributed by atoms with E-state index in [1.807, 2.05) is 12.1 Å². The summed E-state index contributed by atoms with van der Waals surface area (Å²) in [6.45, 7) is 4.32. The first kappa shape index (κ1) is 20.7. The maximum Gasteiger partial charge on any atom is 0.224 e. The Balaban J connectivity index is 1.45. The van der Waals surface area contributed by atoms with Gasteiger partial charge < -0.3 is 20.8 Å². The van der Waals surface area contributed by atoms with Gasteiger partial charge in [-0.15, -0.1) is 0 Å². The topological polar surface area (TPSA) is 94.0 Å². The second-order valence-corrected chi connectivity index (χ2v) is 9.97. The maximum atomic E-state index is 12.9. The molecule has 1 aromatic rings. The molecule has 4 N–H and O–H groups in total. The van der Waals surface area contributed by atoms with E-state index < -0.39 is 18.2 Å². The molecule has 4 rings (SSSR count). The van der Waals surface area contributed by atoms with Crippen LogP contribution in [0.15, 0.2) is 29.3 Å². The summed E-state index contributed by atoms with van der Waals surface area (Å²) in [6.07, 6.45) is 2.78. The van der Waals surface area contributed by atoms with Crippen LogP contribution in [0.4, 0.5) is 5.69 Å². The molecule has 3 aliphatic rings. The molecule has 5 unspecified atom stereocenters. The van der Waals surface area contributed by atoms with Gasteiger partial charge in [0, 0.05) is 17.0 Å². The van der Waals surface area contributed by atoms with Crippen LogP contribution in [-0.2, 0) is 4.79 Å². The van der Waals surface area contributed by atoms with Gasteiger partial charge in [-0.05, 0) is 42.9 Å². The number of aliphatic hydroxyl groups excluding tert-OH is 2. The Kier molecular flexibility index (Phi) is 6.18. The zero-order chi connectivity index (χ0) is 20.5. The Bertz CT molecular complexity index is 761. The predicted octanol–water partition coefficient (Wildman–Crippen LogP) is 2.86. The van der Waals surface area contributed by atoms with Gasteiger partial charge in [-0.3, -0.25) is 9.79 Å². The Morgan fingerprint density at radius 3 is 2.52 bits per heavy atom. The summed E-state index contributed by atoms with van der Waals surface area (Å²) in [5.41, 5.74) is 2.20. The van der Waals surface area contributed by atoms with E-state index in [2.05, 4.69) is 41.6 Å². The Hall–Kier alpha value is -1.57. The molecule has 0 bridgehead atoms. The van der Waals surface area contributed by atoms with Crippen LogP contribution >= 0.6 is 11.8 Å². The van der Waals surface area contributed by atoms with Crippen molar-refractivity contribution < 1.29 is 15.0 Å². The van der Waals surface area contributed by atoms with E-state index in [9.17, 15) is 15.0 Å². The number of aliphatic hydroxyl groups is 2. The minimum Gasteiger partial charge on any atom is -0.390 e. The fourth-order valence-corrected chi connectivity index (χ4v) is 5.94. The van der Waals surface area contributed by atoms with E-state index >= 15 is 0 Å². The number of carbonyl (C=O) groups excluding carboxylic acids is 1. The fraction of sp³-hybridized carbons (Fsp3) is 0.636. The first-order chi connectivity index (χ1) is 13.9. The van der Waals surface area contributed by atoms with E-state index in [1.54, 1.807) is 0 Å². The summed E-state index contributed by atoms with van der Waals surface area (Å²) >= 11 is 1.51. The van der Waals surface area contributed by atoms with Crippen molar-refractivity contribution in [2.24, 2.45) is 10.9 Å². The zero-order valence-electron chi connectivity index (χ0n) is 17.0. The van der Waals surface area contributed by atoms with Gasteiger partial charge in [-0.2, -0.15) is 0 Å². The maximum absolute atomic E-state index is 12.9. The third-order valence-electron chi connectivity index (χ3n) is 6.35. The van der Waals surface area contributed by atoms with Crippen LogP contribution in [0.1, 0.15) is 57.4 Å². The van der Waals surface area contributed by atoms with Crippen molar-refractivity contribution in [3.05, 3.63) is 29.8 Å². The number of benzene rings is 1. The summed E-state index contributed by atoms with van der Waals surface area (Å²) in [4.78, 5) is 17.6. The van der Waals surface area contributed by atoms with Crippen LogP contribution in [0.3, 0.4) is 0 Å². The van der Waals surface area contributed by atoms with Crippen molar-refractivity contribution in [2.75, 3.05) is 5.32 Å². The minimum atomic E-state index is -0.939. The highest BCUT2D eigenvalue weighted by Gasteiger charge is 2.50. The molecule has 6 nitrogen and oxygen atoms in total. The van der Waals surface area contributed by atoms with E-state index in [1.165, 1.54) is 17.3 Å². The smallest absolute Gasteiger partial charge is 0.224 e. The normalized spacial score (nSPS) is 32.2. The molecule has 0 aromatic heterocycles. The second kappa shape index (κ2) is 8.66. The number of fused-ring (bicyclic) bond motifs is 1. The van der Waals surface area contributed by atoms with Gasteiger partial charge in [-0.25, -0.2) is 0 Å². The van der Waals surface area contributed by atoms with Gasteiger partial charge in [0.25, 0.3) is 0 Å². The first-order valence-electron chi connectivity index (χ1n) is 10.7. The average molecular weight is 418 g/mol. The molecule has 1 aromatic carbocycles. The molecule has 0 saturated heterocycles. The van der Waals surface area contributed by atoms with Gasteiger partial charge in [0.05, 0.1) is 18.1 Å². The molecule has 5 atom stereocenters. The molecular weight excluding hydrogens is 386 g/mol. The molecular formula is C22H31N3O3S. The number of aliphatic imine (C=N–C) groups is 1. The highest BCUT2D eigenvalue weighted by molar-refractivity contribution is 8.15. The first-order valence-corrected chi connectivity index (χ1v) is 11.6. The van der Waals surface area contributed by atoms with Gasteiger partial charge in [0.2, 0.25) is 5.91 Å². The number of anilines is 1. The molecule has 2 saturated carbocycles. The van der Waals surface area contributed by atoms with Crippen LogP contribution in [-0.4, -0.2) is 50.8 Å². The lowest BCUT2D eigenvalue weighted by molar-refractivity contribution is -0.130. The fourth-order valence-electron chi connectivity index (χ4n) is 4.56. The molecule has 1 heterocycles. The zero-order valence-corrected chi connectivity index (χ0v) is 17.9. The standard InChI is InChI=1S/C22H31N3O3S/c1-12(2)13-7-9-15(10-8-13)24-22-25-18-19(27)17(26)11-16(20(18)29-22)21(28)23-14-5-3-4-6-14/h7-10,12,14,16-20,26-27H,3-6,11H2,1-2H3,(H,23,28)(H,24,25). The molecule has 158 valence electrons. The molecule has 1 amide bonds. The lowest BCUT2D eigenvalue weighted by Crippen LogP contribution is -2.54. The van der Waals surface area contributed by atoms with Crippen LogP contribution in [0.2, 0.25) is 0 Å². The summed E-state index contributed by atoms with van der Waals surface area (Å²) in [7, 11) is 0. The molecule has 2 fully saturated rings. The highest BCUT2D eigenvalue weighted by atomic mass is 32.2. The van der Waals surface area contributed by atoms with Crippen LogP contribution in [0.5, 0.6) is 0 Å². The number of amidine groups is 1. The Labute approximate surface area is 176 Å². The van der Waals surface area contributed by atoms with Gasteiger partial charge in [0.15, 0.2) is 5.17 Å². The summed E-state index contributed by atoms with van der Waals surface area (Å²) in [6, 6.07) is 8.01. The SMILES string of the molecule is CC(C)c1ccc(NC2=NC3C(O)C(O)CC(C(=O)NC4CCCC4)C3S2)cc1. The summed E-state index contributed by atoms with van der Waals surface area (Å²) in [5, 5.41) is 27.8. The molecule has 1 aliphatic heterocycles. The van der Waals surface area contributed by atoms with E-state index in [0.717, 1.165) is 31.4 Å². The van der Waals surface area contributed by atoms with Crippen molar-refractivity contribution in [1.82, 2.24) is 5.32 Å². The average Bonchev–Trinajstić information content (AvgIpc) is 3.35. The quantitative estimate of drug-likeness (QED) is 0.604. The molecule has 0 spiro atoms. The van der Waals surface area contributed by atoms with E-state index in [0.29, 0.717) is 11.1 Å². The molecule has 7 heteroatoms. The van der Waals surface area contributed by atoms with Gasteiger partial charge in [-0.1, -0.05) is 50.6 Å². The number of amides is 1. The number of nitrogens with one attached hydrogen (secondary N) is 2. The number of rotatable bonds is 4. The largest absolute Gasteiger partial charge is 0.390 e. The van der Waals surface area contributed by atoms with E-state index in [4.69, 9.17) is 0 Å². The van der Waals surface area contributed by atoms with Gasteiger partial charge in [0.1, 0.15) is 6.10 Å². The predicted molar refractivity (Wildman–Crippen MR) is 117 cm³/mol. The summed E-state index contributed by atoms with van der Waals surface area (Å²) in [5.74, 6) is 0.111. The lowest BCUT2D eigenvalue weighted by atomic mass is 9.81. The van der Waals surface area contributed by atoms with Crippen molar-refractivity contribution in [3.8, 4) is 0 Å². The number of nitrogens with zero attached hydrogens (tertiary/aromatic N) is 1. The third kappa shape index (κ3) is 4.47. The van der Waals surface area contributed by atoms with Crippen LogP contribution in [0, 0.1) is 5.92 Å². The van der Waals surface area contributed by atoms with Crippen molar-refractivity contribution in [1.29, 1.82) is 0 Å². The molecule has 29 heavy (non-hydrogen) atoms. The van der Waals surface area contributed by atoms with Crippen molar-refractivity contribution >= 4 is 28.5 Å².